The van der Waals surface area contributed by atoms with Crippen LogP contribution in [0.2, 0.25) is 5.02 Å². The van der Waals surface area contributed by atoms with Gasteiger partial charge < -0.3 is 14.9 Å². The highest BCUT2D eigenvalue weighted by molar-refractivity contribution is 6.35. The second kappa shape index (κ2) is 8.19. The van der Waals surface area contributed by atoms with Gasteiger partial charge in [-0.25, -0.2) is 4.98 Å². The van der Waals surface area contributed by atoms with Crippen LogP contribution in [0.4, 0.5) is 5.69 Å². The quantitative estimate of drug-likeness (QED) is 0.447. The van der Waals surface area contributed by atoms with Gasteiger partial charge in [-0.2, -0.15) is 5.10 Å². The number of nitrogens with zero attached hydrogens (tertiary/aromatic N) is 5. The highest BCUT2D eigenvalue weighted by Gasteiger charge is 2.23. The van der Waals surface area contributed by atoms with Gasteiger partial charge in [-0.05, 0) is 70.6 Å². The van der Waals surface area contributed by atoms with E-state index in [4.69, 9.17) is 16.6 Å². The number of halogens is 1. The van der Waals surface area contributed by atoms with E-state index in [1.165, 1.54) is 11.3 Å². The summed E-state index contributed by atoms with van der Waals surface area (Å²) in [7, 11) is 6.20. The zero-order chi connectivity index (χ0) is 23.4. The van der Waals surface area contributed by atoms with E-state index >= 15 is 0 Å². The van der Waals surface area contributed by atoms with Gasteiger partial charge in [0.15, 0.2) is 0 Å². The monoisotopic (exact) mass is 463 g/mol. The van der Waals surface area contributed by atoms with Crippen LogP contribution in [0.3, 0.4) is 0 Å². The van der Waals surface area contributed by atoms with Gasteiger partial charge in [0, 0.05) is 60.0 Å². The number of phenols is 1. The van der Waals surface area contributed by atoms with Crippen LogP contribution in [0.1, 0.15) is 24.0 Å². The van der Waals surface area contributed by atoms with Crippen LogP contribution in [0.5, 0.6) is 5.75 Å². The first-order valence-electron chi connectivity index (χ1n) is 11.4. The summed E-state index contributed by atoms with van der Waals surface area (Å²) in [5.41, 5.74) is 6.13. The van der Waals surface area contributed by atoms with Crippen LogP contribution in [-0.2, 0) is 7.05 Å². The third-order valence-corrected chi connectivity index (χ3v) is 7.32. The number of fused-ring (bicyclic) bond motifs is 2. The molecule has 1 aliphatic heterocycles. The number of aromatic nitrogens is 3. The highest BCUT2D eigenvalue weighted by atomic mass is 35.5. The van der Waals surface area contributed by atoms with Gasteiger partial charge >= 0.3 is 0 Å². The SMILES string of the molecule is Cc1cc2nc(-c3cc4cn(C)nc4c(C)c3O)cc(Cl)c2cc1N1CCC(N(C)C)CC1. The lowest BCUT2D eigenvalue weighted by molar-refractivity contribution is 0.249. The lowest BCUT2D eigenvalue weighted by Crippen LogP contribution is -2.42. The number of hydrogen-bond donors (Lipinski definition) is 1. The van der Waals surface area contributed by atoms with Crippen molar-refractivity contribution >= 4 is 39.1 Å². The van der Waals surface area contributed by atoms with Gasteiger partial charge in [-0.1, -0.05) is 11.6 Å². The third-order valence-electron chi connectivity index (χ3n) is 7.01. The maximum absolute atomic E-state index is 10.9. The summed E-state index contributed by atoms with van der Waals surface area (Å²) in [5, 5.41) is 17.9. The van der Waals surface area contributed by atoms with Crippen molar-refractivity contribution in [3.05, 3.63) is 46.6 Å². The van der Waals surface area contributed by atoms with Crippen molar-refractivity contribution in [2.24, 2.45) is 7.05 Å². The van der Waals surface area contributed by atoms with Crippen molar-refractivity contribution in [2.45, 2.75) is 32.7 Å². The Bertz CT molecular complexity index is 1370. The van der Waals surface area contributed by atoms with E-state index in [9.17, 15) is 5.11 Å². The minimum atomic E-state index is 0.196. The molecule has 0 spiro atoms. The Kier molecular flexibility index (Phi) is 5.46. The van der Waals surface area contributed by atoms with Gasteiger partial charge in [0.05, 0.1) is 21.7 Å². The maximum atomic E-state index is 10.9. The molecule has 0 atom stereocenters. The first-order chi connectivity index (χ1) is 15.7. The van der Waals surface area contributed by atoms with Crippen molar-refractivity contribution in [3.63, 3.8) is 0 Å². The Balaban J connectivity index is 1.56. The van der Waals surface area contributed by atoms with Crippen LogP contribution in [0.25, 0.3) is 33.1 Å². The lowest BCUT2D eigenvalue weighted by atomic mass is 10.00. The average Bonchev–Trinajstić information content (AvgIpc) is 3.16. The number of aryl methyl sites for hydroxylation is 3. The number of rotatable bonds is 3. The summed E-state index contributed by atoms with van der Waals surface area (Å²) in [6.07, 6.45) is 4.26. The Morgan fingerprint density at radius 2 is 1.82 bits per heavy atom. The molecule has 33 heavy (non-hydrogen) atoms. The molecule has 0 amide bonds. The van der Waals surface area contributed by atoms with Crippen molar-refractivity contribution < 1.29 is 5.11 Å². The third kappa shape index (κ3) is 3.81. The highest BCUT2D eigenvalue weighted by Crippen LogP contribution is 2.39. The number of anilines is 1. The van der Waals surface area contributed by atoms with Gasteiger partial charge in [-0.15, -0.1) is 0 Å². The number of piperidine rings is 1. The Morgan fingerprint density at radius 3 is 2.52 bits per heavy atom. The van der Waals surface area contributed by atoms with E-state index in [-0.39, 0.29) is 5.75 Å². The van der Waals surface area contributed by atoms with E-state index in [1.54, 1.807) is 4.68 Å². The number of aromatic hydroxyl groups is 1. The summed E-state index contributed by atoms with van der Waals surface area (Å²) in [5.74, 6) is 0.196. The van der Waals surface area contributed by atoms with E-state index in [0.717, 1.165) is 53.3 Å². The van der Waals surface area contributed by atoms with Crippen molar-refractivity contribution in [1.29, 1.82) is 0 Å². The average molecular weight is 464 g/mol. The topological polar surface area (TPSA) is 57.4 Å². The molecule has 7 heteroatoms. The zero-order valence-electron chi connectivity index (χ0n) is 19.9. The second-order valence-electron chi connectivity index (χ2n) is 9.47. The van der Waals surface area contributed by atoms with E-state index < -0.39 is 0 Å². The minimum absolute atomic E-state index is 0.196. The van der Waals surface area contributed by atoms with Gasteiger partial charge in [0.1, 0.15) is 5.75 Å². The normalized spacial score (nSPS) is 15.3. The second-order valence-corrected chi connectivity index (χ2v) is 9.87. The summed E-state index contributed by atoms with van der Waals surface area (Å²) in [6, 6.07) is 8.73. The summed E-state index contributed by atoms with van der Waals surface area (Å²) >= 11 is 6.79. The molecule has 5 rings (SSSR count). The van der Waals surface area contributed by atoms with Crippen molar-refractivity contribution in [3.8, 4) is 17.0 Å². The van der Waals surface area contributed by atoms with Gasteiger partial charge in [-0.3, -0.25) is 4.68 Å². The fourth-order valence-electron chi connectivity index (χ4n) is 5.06. The lowest BCUT2D eigenvalue weighted by Gasteiger charge is -2.37. The fraction of sp³-hybridized carbons (Fsp3) is 0.385. The number of phenolic OH excluding ortho intramolecular Hbond substituents is 1. The molecule has 172 valence electrons. The molecular weight excluding hydrogens is 434 g/mol. The molecule has 2 aromatic heterocycles. The Hall–Kier alpha value is -2.83. The standard InChI is InChI=1S/C26H30ClN5O/c1-15-10-22-19(12-24(15)32-8-6-18(7-9-32)30(3)4)21(27)13-23(28-22)20-11-17-14-31(5)29-25(17)16(2)26(20)33/h10-14,18,33H,6-9H2,1-5H3. The molecule has 1 saturated heterocycles. The molecule has 3 heterocycles. The van der Waals surface area contributed by atoms with Crippen molar-refractivity contribution in [1.82, 2.24) is 19.7 Å². The Morgan fingerprint density at radius 1 is 1.09 bits per heavy atom. The summed E-state index contributed by atoms with van der Waals surface area (Å²) < 4.78 is 1.76. The summed E-state index contributed by atoms with van der Waals surface area (Å²) in [6.45, 7) is 6.10. The van der Waals surface area contributed by atoms with Crippen LogP contribution >= 0.6 is 11.6 Å². The number of benzene rings is 2. The van der Waals surface area contributed by atoms with Crippen LogP contribution < -0.4 is 4.90 Å². The molecule has 1 N–H and O–H groups in total. The molecule has 1 aliphatic rings. The molecule has 2 aromatic carbocycles. The molecule has 1 fully saturated rings. The molecule has 6 nitrogen and oxygen atoms in total. The zero-order valence-corrected chi connectivity index (χ0v) is 20.6. The fourth-order valence-corrected chi connectivity index (χ4v) is 5.32. The Labute approximate surface area is 199 Å². The molecular formula is C26H30ClN5O. The minimum Gasteiger partial charge on any atom is -0.507 e. The smallest absolute Gasteiger partial charge is 0.130 e. The van der Waals surface area contributed by atoms with E-state index in [0.29, 0.717) is 22.3 Å². The number of pyridine rings is 1. The van der Waals surface area contributed by atoms with Gasteiger partial charge in [0.25, 0.3) is 0 Å². The molecule has 0 unspecified atom stereocenters. The maximum Gasteiger partial charge on any atom is 0.130 e. The number of hydrogen-bond acceptors (Lipinski definition) is 5. The molecule has 0 saturated carbocycles. The molecule has 4 aromatic rings. The first kappa shape index (κ1) is 22.0. The summed E-state index contributed by atoms with van der Waals surface area (Å²) in [4.78, 5) is 9.70. The largest absolute Gasteiger partial charge is 0.507 e. The van der Waals surface area contributed by atoms with Crippen LogP contribution in [0, 0.1) is 13.8 Å². The molecule has 0 bridgehead atoms. The molecule has 0 aliphatic carbocycles. The van der Waals surface area contributed by atoms with E-state index in [1.807, 2.05) is 32.3 Å². The van der Waals surface area contributed by atoms with Crippen LogP contribution in [0.15, 0.2) is 30.5 Å². The predicted octanol–water partition coefficient (Wildman–Crippen LogP) is 5.29. The molecule has 0 radical (unpaired) electrons. The van der Waals surface area contributed by atoms with Crippen LogP contribution in [-0.4, -0.2) is 58.0 Å². The first-order valence-corrected chi connectivity index (χ1v) is 11.8. The van der Waals surface area contributed by atoms with Gasteiger partial charge in [0.2, 0.25) is 0 Å². The van der Waals surface area contributed by atoms with E-state index in [2.05, 4.69) is 48.1 Å². The van der Waals surface area contributed by atoms with Crippen molar-refractivity contribution in [2.75, 3.05) is 32.1 Å². The predicted molar refractivity (Wildman–Crippen MR) is 137 cm³/mol.